The molecule has 4 nitrogen and oxygen atoms in total. The van der Waals surface area contributed by atoms with Crippen LogP contribution in [0.4, 0.5) is 0 Å². The Bertz CT molecular complexity index is 467. The molecule has 0 spiro atoms. The standard InChI is InChI=1S/C17H25NO3/c1-13-5-6-15(10-16(13)20-2)11-18-17(19)8-7-14-4-3-9-21-12-14/h5-6,10,14H,3-4,7-9,11-12H2,1-2H3,(H,18,19). The first-order valence-corrected chi connectivity index (χ1v) is 7.67. The zero-order valence-corrected chi connectivity index (χ0v) is 13.0. The number of aryl methyl sites for hydroxylation is 1. The van der Waals surface area contributed by atoms with Crippen LogP contribution in [0, 0.1) is 12.8 Å². The Labute approximate surface area is 126 Å². The van der Waals surface area contributed by atoms with Crippen molar-refractivity contribution in [1.82, 2.24) is 5.32 Å². The SMILES string of the molecule is COc1cc(CNC(=O)CCC2CCCOC2)ccc1C. The molecule has 1 fully saturated rings. The highest BCUT2D eigenvalue weighted by Crippen LogP contribution is 2.20. The number of methoxy groups -OCH3 is 1. The molecule has 1 saturated heterocycles. The maximum atomic E-state index is 11.9. The van der Waals surface area contributed by atoms with Crippen molar-refractivity contribution in [3.8, 4) is 5.75 Å². The molecular weight excluding hydrogens is 266 g/mol. The molecule has 1 heterocycles. The number of carbonyl (C=O) groups excluding carboxylic acids is 1. The Morgan fingerprint density at radius 2 is 2.33 bits per heavy atom. The lowest BCUT2D eigenvalue weighted by atomic mass is 9.97. The fraction of sp³-hybridized carbons (Fsp3) is 0.588. The Morgan fingerprint density at radius 3 is 3.05 bits per heavy atom. The molecule has 116 valence electrons. The quantitative estimate of drug-likeness (QED) is 0.876. The zero-order chi connectivity index (χ0) is 15.1. The predicted molar refractivity (Wildman–Crippen MR) is 82.4 cm³/mol. The second-order valence-corrected chi connectivity index (χ2v) is 5.70. The van der Waals surface area contributed by atoms with Crippen molar-refractivity contribution in [2.75, 3.05) is 20.3 Å². The third kappa shape index (κ3) is 5.05. The van der Waals surface area contributed by atoms with Gasteiger partial charge in [0.2, 0.25) is 5.91 Å². The summed E-state index contributed by atoms with van der Waals surface area (Å²) >= 11 is 0. The smallest absolute Gasteiger partial charge is 0.220 e. The van der Waals surface area contributed by atoms with Crippen LogP contribution in [0.25, 0.3) is 0 Å². The van der Waals surface area contributed by atoms with Gasteiger partial charge in [0.1, 0.15) is 5.75 Å². The molecular formula is C17H25NO3. The Balaban J connectivity index is 1.73. The van der Waals surface area contributed by atoms with Crippen LogP contribution in [0.1, 0.15) is 36.8 Å². The molecule has 0 radical (unpaired) electrons. The summed E-state index contributed by atoms with van der Waals surface area (Å²) < 4.78 is 10.7. The molecule has 1 aromatic carbocycles. The summed E-state index contributed by atoms with van der Waals surface area (Å²) in [7, 11) is 1.66. The van der Waals surface area contributed by atoms with E-state index in [-0.39, 0.29) is 5.91 Å². The minimum Gasteiger partial charge on any atom is -0.496 e. The number of carbonyl (C=O) groups is 1. The highest BCUT2D eigenvalue weighted by molar-refractivity contribution is 5.75. The summed E-state index contributed by atoms with van der Waals surface area (Å²) in [5.41, 5.74) is 2.16. The Hall–Kier alpha value is -1.55. The number of amides is 1. The van der Waals surface area contributed by atoms with Crippen LogP contribution in [0.3, 0.4) is 0 Å². The van der Waals surface area contributed by atoms with E-state index < -0.39 is 0 Å². The fourth-order valence-corrected chi connectivity index (χ4v) is 2.63. The topological polar surface area (TPSA) is 47.6 Å². The molecule has 1 N–H and O–H groups in total. The van der Waals surface area contributed by atoms with E-state index in [9.17, 15) is 4.79 Å². The van der Waals surface area contributed by atoms with E-state index in [0.717, 1.165) is 42.9 Å². The molecule has 2 rings (SSSR count). The number of rotatable bonds is 6. The summed E-state index contributed by atoms with van der Waals surface area (Å²) in [6, 6.07) is 6.01. The van der Waals surface area contributed by atoms with Gasteiger partial charge in [0.05, 0.1) is 7.11 Å². The van der Waals surface area contributed by atoms with Crippen molar-refractivity contribution in [3.63, 3.8) is 0 Å². The van der Waals surface area contributed by atoms with Crippen molar-refractivity contribution in [1.29, 1.82) is 0 Å². The molecule has 0 aliphatic carbocycles. The van der Waals surface area contributed by atoms with Crippen molar-refractivity contribution in [2.24, 2.45) is 5.92 Å². The maximum Gasteiger partial charge on any atom is 0.220 e. The van der Waals surface area contributed by atoms with Gasteiger partial charge in [0.15, 0.2) is 0 Å². The lowest BCUT2D eigenvalue weighted by molar-refractivity contribution is -0.121. The van der Waals surface area contributed by atoms with Gasteiger partial charge in [-0.05, 0) is 49.3 Å². The minimum atomic E-state index is 0.111. The Morgan fingerprint density at radius 1 is 1.48 bits per heavy atom. The lowest BCUT2D eigenvalue weighted by Gasteiger charge is -2.21. The zero-order valence-electron chi connectivity index (χ0n) is 13.0. The van der Waals surface area contributed by atoms with Gasteiger partial charge in [-0.2, -0.15) is 0 Å². The molecule has 1 aromatic rings. The summed E-state index contributed by atoms with van der Waals surface area (Å²) in [5.74, 6) is 1.52. The Kier molecular flexibility index (Phi) is 6.05. The van der Waals surface area contributed by atoms with Gasteiger partial charge >= 0.3 is 0 Å². The largest absolute Gasteiger partial charge is 0.496 e. The van der Waals surface area contributed by atoms with Gasteiger partial charge in [0.25, 0.3) is 0 Å². The van der Waals surface area contributed by atoms with Crippen molar-refractivity contribution in [2.45, 2.75) is 39.2 Å². The highest BCUT2D eigenvalue weighted by Gasteiger charge is 2.15. The number of nitrogens with one attached hydrogen (secondary N) is 1. The van der Waals surface area contributed by atoms with Crippen LogP contribution in [0.2, 0.25) is 0 Å². The molecule has 0 bridgehead atoms. The first kappa shape index (κ1) is 15.8. The van der Waals surface area contributed by atoms with Gasteiger partial charge in [0, 0.05) is 26.2 Å². The first-order valence-electron chi connectivity index (χ1n) is 7.67. The number of hydrogen-bond donors (Lipinski definition) is 1. The van der Waals surface area contributed by atoms with Crippen LogP contribution in [-0.2, 0) is 16.1 Å². The van der Waals surface area contributed by atoms with Gasteiger partial charge in [-0.1, -0.05) is 12.1 Å². The number of hydrogen-bond acceptors (Lipinski definition) is 3. The monoisotopic (exact) mass is 291 g/mol. The summed E-state index contributed by atoms with van der Waals surface area (Å²) in [4.78, 5) is 11.9. The van der Waals surface area contributed by atoms with Crippen LogP contribution in [0.5, 0.6) is 5.75 Å². The molecule has 1 aliphatic rings. The molecule has 1 aliphatic heterocycles. The van der Waals surface area contributed by atoms with Crippen molar-refractivity contribution < 1.29 is 14.3 Å². The van der Waals surface area contributed by atoms with Gasteiger partial charge in [-0.15, -0.1) is 0 Å². The van der Waals surface area contributed by atoms with E-state index in [1.807, 2.05) is 25.1 Å². The van der Waals surface area contributed by atoms with E-state index in [4.69, 9.17) is 9.47 Å². The second-order valence-electron chi connectivity index (χ2n) is 5.70. The average Bonchev–Trinajstić information content (AvgIpc) is 2.53. The van der Waals surface area contributed by atoms with E-state index in [1.54, 1.807) is 7.11 Å². The normalized spacial score (nSPS) is 18.3. The number of benzene rings is 1. The van der Waals surface area contributed by atoms with Gasteiger partial charge in [-0.25, -0.2) is 0 Å². The van der Waals surface area contributed by atoms with Gasteiger partial charge < -0.3 is 14.8 Å². The molecule has 21 heavy (non-hydrogen) atoms. The summed E-state index contributed by atoms with van der Waals surface area (Å²) in [6.45, 7) is 4.24. The second kappa shape index (κ2) is 8.03. The van der Waals surface area contributed by atoms with Crippen molar-refractivity contribution in [3.05, 3.63) is 29.3 Å². The summed E-state index contributed by atoms with van der Waals surface area (Å²) in [5, 5.41) is 2.97. The number of ether oxygens (including phenoxy) is 2. The van der Waals surface area contributed by atoms with Crippen LogP contribution < -0.4 is 10.1 Å². The molecule has 1 unspecified atom stereocenters. The van der Waals surface area contributed by atoms with Crippen molar-refractivity contribution >= 4 is 5.91 Å². The van der Waals surface area contributed by atoms with E-state index >= 15 is 0 Å². The molecule has 0 saturated carbocycles. The third-order valence-corrected chi connectivity index (χ3v) is 4.00. The van der Waals surface area contributed by atoms with Crippen LogP contribution in [0.15, 0.2) is 18.2 Å². The highest BCUT2D eigenvalue weighted by atomic mass is 16.5. The molecule has 1 amide bonds. The maximum absolute atomic E-state index is 11.9. The summed E-state index contributed by atoms with van der Waals surface area (Å²) in [6.07, 6.45) is 3.80. The van der Waals surface area contributed by atoms with E-state index in [0.29, 0.717) is 18.9 Å². The molecule has 4 heteroatoms. The lowest BCUT2D eigenvalue weighted by Crippen LogP contribution is -2.25. The third-order valence-electron chi connectivity index (χ3n) is 4.00. The van der Waals surface area contributed by atoms with Gasteiger partial charge in [-0.3, -0.25) is 4.79 Å². The fourth-order valence-electron chi connectivity index (χ4n) is 2.63. The molecule has 1 atom stereocenters. The van der Waals surface area contributed by atoms with E-state index in [2.05, 4.69) is 5.32 Å². The average molecular weight is 291 g/mol. The minimum absolute atomic E-state index is 0.111. The molecule has 0 aromatic heterocycles. The van der Waals surface area contributed by atoms with Crippen LogP contribution in [-0.4, -0.2) is 26.2 Å². The first-order chi connectivity index (χ1) is 10.2. The predicted octanol–water partition coefficient (Wildman–Crippen LogP) is 2.83. The van der Waals surface area contributed by atoms with E-state index in [1.165, 1.54) is 6.42 Å². The van der Waals surface area contributed by atoms with Crippen LogP contribution >= 0.6 is 0 Å².